The fourth-order valence-electron chi connectivity index (χ4n) is 4.71. The van der Waals surface area contributed by atoms with E-state index in [9.17, 15) is 9.90 Å². The van der Waals surface area contributed by atoms with Gasteiger partial charge in [-0.2, -0.15) is 0 Å². The van der Waals surface area contributed by atoms with E-state index in [0.717, 1.165) is 37.9 Å². The maximum Gasteiger partial charge on any atom is 0.257 e. The number of aliphatic hydroxyl groups excluding tert-OH is 1. The summed E-state index contributed by atoms with van der Waals surface area (Å²) in [6.07, 6.45) is 3.87. The van der Waals surface area contributed by atoms with Crippen LogP contribution in [-0.2, 0) is 0 Å². The number of nitrogens with zero attached hydrogens (tertiary/aromatic N) is 4. The molecule has 7 heteroatoms. The highest BCUT2D eigenvalue weighted by molar-refractivity contribution is 5.99. The van der Waals surface area contributed by atoms with E-state index in [1.165, 1.54) is 6.20 Å². The number of hydrogen-bond acceptors (Lipinski definition) is 6. The summed E-state index contributed by atoms with van der Waals surface area (Å²) in [5, 5.41) is 10.2. The van der Waals surface area contributed by atoms with Gasteiger partial charge in [0.2, 0.25) is 5.95 Å². The molecular weight excluding hydrogens is 354 g/mol. The maximum atomic E-state index is 13.3. The molecule has 2 saturated heterocycles. The topological polar surface area (TPSA) is 95.6 Å². The molecule has 1 atom stereocenters. The van der Waals surface area contributed by atoms with Crippen molar-refractivity contribution in [1.82, 2.24) is 19.8 Å². The molecule has 0 aliphatic carbocycles. The highest BCUT2D eigenvalue weighted by Crippen LogP contribution is 2.40. The van der Waals surface area contributed by atoms with E-state index >= 15 is 0 Å². The van der Waals surface area contributed by atoms with Gasteiger partial charge in [-0.3, -0.25) is 4.79 Å². The number of nitrogens with two attached hydrogens (primary N) is 1. The Labute approximate surface area is 165 Å². The van der Waals surface area contributed by atoms with Gasteiger partial charge in [-0.1, -0.05) is 30.3 Å². The zero-order valence-corrected chi connectivity index (χ0v) is 16.2. The number of nitrogen functional groups attached to an aromatic ring is 1. The van der Waals surface area contributed by atoms with Crippen LogP contribution in [0.1, 0.15) is 29.6 Å². The molecule has 2 aliphatic rings. The predicted molar refractivity (Wildman–Crippen MR) is 108 cm³/mol. The third-order valence-corrected chi connectivity index (χ3v) is 5.99. The van der Waals surface area contributed by atoms with Crippen LogP contribution in [0.5, 0.6) is 0 Å². The quantitative estimate of drug-likeness (QED) is 0.821. The van der Waals surface area contributed by atoms with Crippen LogP contribution in [0, 0.1) is 5.41 Å². The van der Waals surface area contributed by atoms with Gasteiger partial charge in [0.25, 0.3) is 5.91 Å². The first kappa shape index (κ1) is 18.8. The number of amides is 1. The number of carbonyl (C=O) groups excluding carboxylic acids is 1. The third kappa shape index (κ3) is 3.72. The molecule has 2 aromatic rings. The number of benzene rings is 1. The van der Waals surface area contributed by atoms with Gasteiger partial charge in [-0.25, -0.2) is 9.97 Å². The van der Waals surface area contributed by atoms with Crippen molar-refractivity contribution in [2.45, 2.75) is 25.4 Å². The molecule has 7 nitrogen and oxygen atoms in total. The molecule has 1 aromatic heterocycles. The Morgan fingerprint density at radius 3 is 2.64 bits per heavy atom. The summed E-state index contributed by atoms with van der Waals surface area (Å²) in [5.74, 6) is 0.102. The molecule has 0 bridgehead atoms. The molecule has 1 spiro atoms. The number of piperidine rings is 2. The summed E-state index contributed by atoms with van der Waals surface area (Å²) in [4.78, 5) is 25.7. The molecule has 2 fully saturated rings. The second-order valence-corrected chi connectivity index (χ2v) is 8.20. The summed E-state index contributed by atoms with van der Waals surface area (Å²) >= 11 is 0. The molecule has 0 saturated carbocycles. The Kier molecular flexibility index (Phi) is 5.03. The molecule has 4 rings (SSSR count). The molecule has 28 heavy (non-hydrogen) atoms. The Morgan fingerprint density at radius 2 is 1.96 bits per heavy atom. The highest BCUT2D eigenvalue weighted by atomic mass is 16.3. The third-order valence-electron chi connectivity index (χ3n) is 5.99. The van der Waals surface area contributed by atoms with Gasteiger partial charge in [0.1, 0.15) is 0 Å². The van der Waals surface area contributed by atoms with Gasteiger partial charge >= 0.3 is 0 Å². The van der Waals surface area contributed by atoms with E-state index in [1.807, 2.05) is 35.2 Å². The smallest absolute Gasteiger partial charge is 0.257 e. The summed E-state index contributed by atoms with van der Waals surface area (Å²) in [6, 6.07) is 9.59. The van der Waals surface area contributed by atoms with Crippen LogP contribution in [0.4, 0.5) is 5.95 Å². The monoisotopic (exact) mass is 381 g/mol. The number of hydrogen-bond donors (Lipinski definition) is 2. The fraction of sp³-hybridized carbons (Fsp3) is 0.476. The lowest BCUT2D eigenvalue weighted by molar-refractivity contribution is -0.0286. The first-order valence-corrected chi connectivity index (χ1v) is 9.80. The number of aliphatic hydroxyl groups is 1. The van der Waals surface area contributed by atoms with Crippen molar-refractivity contribution in [3.8, 4) is 11.3 Å². The molecule has 1 aromatic carbocycles. The van der Waals surface area contributed by atoms with Gasteiger partial charge in [0.15, 0.2) is 0 Å². The lowest BCUT2D eigenvalue weighted by Crippen LogP contribution is -2.53. The predicted octanol–water partition coefficient (Wildman–Crippen LogP) is 1.64. The zero-order chi connectivity index (χ0) is 19.7. The Balaban J connectivity index is 1.54. The standard InChI is InChI=1S/C21H27N5O2/c1-25-13-16(27)11-21(14-25)7-9-26(10-8-21)19(28)17-12-23-20(22)24-18(17)15-5-3-2-4-6-15/h2-6,12,16,27H,7-11,13-14H2,1H3,(H2,22,23,24). The molecule has 0 radical (unpaired) electrons. The Bertz CT molecular complexity index is 837. The lowest BCUT2D eigenvalue weighted by atomic mass is 9.71. The number of rotatable bonds is 2. The van der Waals surface area contributed by atoms with Crippen molar-refractivity contribution in [1.29, 1.82) is 0 Å². The SMILES string of the molecule is CN1CC(O)CC2(CCN(C(=O)c3cnc(N)nc3-c3ccccc3)CC2)C1. The van der Waals surface area contributed by atoms with E-state index in [4.69, 9.17) is 5.73 Å². The van der Waals surface area contributed by atoms with Crippen LogP contribution in [0.2, 0.25) is 0 Å². The summed E-state index contributed by atoms with van der Waals surface area (Å²) in [6.45, 7) is 3.07. The molecular formula is C21H27N5O2. The molecule has 2 aliphatic heterocycles. The van der Waals surface area contributed by atoms with Crippen LogP contribution in [0.3, 0.4) is 0 Å². The van der Waals surface area contributed by atoms with Gasteiger partial charge < -0.3 is 20.6 Å². The van der Waals surface area contributed by atoms with E-state index in [2.05, 4.69) is 21.9 Å². The first-order valence-electron chi connectivity index (χ1n) is 9.80. The number of anilines is 1. The normalized spacial score (nSPS) is 22.4. The van der Waals surface area contributed by atoms with Crippen LogP contribution in [0.25, 0.3) is 11.3 Å². The molecule has 148 valence electrons. The minimum Gasteiger partial charge on any atom is -0.392 e. The molecule has 1 unspecified atom stereocenters. The Morgan fingerprint density at radius 1 is 1.25 bits per heavy atom. The summed E-state index contributed by atoms with van der Waals surface area (Å²) in [5.41, 5.74) is 7.80. The number of aromatic nitrogens is 2. The molecule has 3 heterocycles. The van der Waals surface area contributed by atoms with Crippen molar-refractivity contribution in [2.24, 2.45) is 5.41 Å². The average molecular weight is 381 g/mol. The van der Waals surface area contributed by atoms with E-state index in [-0.39, 0.29) is 23.4 Å². The average Bonchev–Trinajstić information content (AvgIpc) is 2.68. The largest absolute Gasteiger partial charge is 0.392 e. The molecule has 3 N–H and O–H groups in total. The van der Waals surface area contributed by atoms with Crippen molar-refractivity contribution in [3.05, 3.63) is 42.1 Å². The van der Waals surface area contributed by atoms with Crippen LogP contribution in [-0.4, -0.2) is 70.1 Å². The van der Waals surface area contributed by atoms with Crippen LogP contribution >= 0.6 is 0 Å². The van der Waals surface area contributed by atoms with Gasteiger partial charge in [0, 0.05) is 37.9 Å². The minimum absolute atomic E-state index is 0.0570. The van der Waals surface area contributed by atoms with E-state index < -0.39 is 0 Å². The van der Waals surface area contributed by atoms with Gasteiger partial charge in [-0.15, -0.1) is 0 Å². The van der Waals surface area contributed by atoms with Crippen molar-refractivity contribution in [2.75, 3.05) is 39.0 Å². The van der Waals surface area contributed by atoms with Crippen molar-refractivity contribution < 1.29 is 9.90 Å². The van der Waals surface area contributed by atoms with Gasteiger partial charge in [0.05, 0.1) is 17.4 Å². The van der Waals surface area contributed by atoms with E-state index in [1.54, 1.807) is 0 Å². The summed E-state index contributed by atoms with van der Waals surface area (Å²) < 4.78 is 0. The van der Waals surface area contributed by atoms with Crippen LogP contribution < -0.4 is 5.73 Å². The van der Waals surface area contributed by atoms with Crippen molar-refractivity contribution in [3.63, 3.8) is 0 Å². The van der Waals surface area contributed by atoms with Crippen LogP contribution in [0.15, 0.2) is 36.5 Å². The lowest BCUT2D eigenvalue weighted by Gasteiger charge is -2.48. The van der Waals surface area contributed by atoms with Crippen molar-refractivity contribution >= 4 is 11.9 Å². The van der Waals surface area contributed by atoms with E-state index in [0.29, 0.717) is 24.3 Å². The zero-order valence-electron chi connectivity index (χ0n) is 16.2. The number of carbonyl (C=O) groups is 1. The number of likely N-dealkylation sites (tertiary alicyclic amines) is 2. The second kappa shape index (κ2) is 7.48. The Hall–Kier alpha value is -2.51. The highest BCUT2D eigenvalue weighted by Gasteiger charge is 2.41. The molecule has 1 amide bonds. The minimum atomic E-state index is -0.281. The number of likely N-dealkylation sites (N-methyl/N-ethyl adjacent to an activating group) is 1. The summed E-state index contributed by atoms with van der Waals surface area (Å²) in [7, 11) is 2.06. The first-order chi connectivity index (χ1) is 13.5. The second-order valence-electron chi connectivity index (χ2n) is 8.20. The van der Waals surface area contributed by atoms with Gasteiger partial charge in [-0.05, 0) is 31.7 Å². The number of β-amino-alcohol motifs (C(OH)–C–C–N with tert-alkyl or cyclic N) is 1. The fourth-order valence-corrected chi connectivity index (χ4v) is 4.71. The maximum absolute atomic E-state index is 13.3.